The number of hydrogen-bond acceptors (Lipinski definition) is 8. The summed E-state index contributed by atoms with van der Waals surface area (Å²) in [5, 5.41) is 24.5. The summed E-state index contributed by atoms with van der Waals surface area (Å²) in [7, 11) is 0. The number of fused-ring (bicyclic) bond motifs is 1. The Labute approximate surface area is 156 Å². The number of amides is 1. The van der Waals surface area contributed by atoms with Gasteiger partial charge in [-0.2, -0.15) is 0 Å². The van der Waals surface area contributed by atoms with Crippen LogP contribution >= 0.6 is 11.3 Å². The molecule has 0 fully saturated rings. The molecule has 0 atom stereocenters. The van der Waals surface area contributed by atoms with Gasteiger partial charge in [0.05, 0.1) is 32.0 Å². The van der Waals surface area contributed by atoms with E-state index in [4.69, 9.17) is 0 Å². The average Bonchev–Trinajstić information content (AvgIpc) is 2.95. The molecule has 140 valence electrons. The molecule has 10 nitrogen and oxygen atoms in total. The zero-order chi connectivity index (χ0) is 19.9. The monoisotopic (exact) mass is 390 g/mol. The molecule has 0 aliphatic heterocycles. The number of thiazole rings is 1. The molecule has 11 heteroatoms. The lowest BCUT2D eigenvalue weighted by molar-refractivity contribution is -0.394. The molecule has 1 aliphatic carbocycles. The van der Waals surface area contributed by atoms with E-state index in [2.05, 4.69) is 10.3 Å². The van der Waals surface area contributed by atoms with Crippen molar-refractivity contribution >= 4 is 39.5 Å². The summed E-state index contributed by atoms with van der Waals surface area (Å²) in [5.41, 5.74) is -0.994. The van der Waals surface area contributed by atoms with Gasteiger partial charge in [-0.15, -0.1) is 0 Å². The smallest absolute Gasteiger partial charge is 0.277 e. The van der Waals surface area contributed by atoms with Crippen LogP contribution in [0.4, 0.5) is 16.5 Å². The van der Waals surface area contributed by atoms with Gasteiger partial charge in [0.1, 0.15) is 0 Å². The number of nitro benzene ring substituents is 2. The van der Waals surface area contributed by atoms with E-state index in [0.29, 0.717) is 23.4 Å². The van der Waals surface area contributed by atoms with Crippen LogP contribution in [0.15, 0.2) is 18.2 Å². The van der Waals surface area contributed by atoms with Crippen LogP contribution < -0.4 is 5.32 Å². The Bertz CT molecular complexity index is 965. The van der Waals surface area contributed by atoms with Crippen LogP contribution in [0.5, 0.6) is 0 Å². The lowest BCUT2D eigenvalue weighted by atomic mass is 9.78. The molecule has 0 saturated carbocycles. The molecule has 1 amide bonds. The van der Waals surface area contributed by atoms with Gasteiger partial charge in [0.2, 0.25) is 0 Å². The first-order chi connectivity index (χ1) is 12.6. The van der Waals surface area contributed by atoms with Gasteiger partial charge in [-0.25, -0.2) is 4.98 Å². The number of rotatable bonds is 4. The molecule has 1 heterocycles. The fourth-order valence-corrected chi connectivity index (χ4v) is 3.79. The van der Waals surface area contributed by atoms with Gasteiger partial charge in [-0.1, -0.05) is 25.2 Å². The largest absolute Gasteiger partial charge is 0.298 e. The zero-order valence-corrected chi connectivity index (χ0v) is 15.2. The van der Waals surface area contributed by atoms with Crippen LogP contribution in [0.25, 0.3) is 0 Å². The van der Waals surface area contributed by atoms with Gasteiger partial charge < -0.3 is 0 Å². The Hall–Kier alpha value is -3.21. The molecule has 1 aliphatic rings. The molecule has 2 aromatic rings. The summed E-state index contributed by atoms with van der Waals surface area (Å²) in [6.07, 6.45) is 0.968. The quantitative estimate of drug-likeness (QED) is 0.622. The summed E-state index contributed by atoms with van der Waals surface area (Å²) in [6.45, 7) is 3.90. The van der Waals surface area contributed by atoms with Crippen molar-refractivity contribution in [1.29, 1.82) is 0 Å². The molecule has 3 rings (SSSR count). The van der Waals surface area contributed by atoms with Crippen molar-refractivity contribution in [2.24, 2.45) is 5.41 Å². The standard InChI is InChI=1S/C16H14N4O6S/c1-16(2)6-11-13(12(21)7-16)27-15(17-11)18-14(22)8-3-9(19(23)24)5-10(4-8)20(25)26/h3-5H,6-7H2,1-2H3,(H,17,18,22). The van der Waals surface area contributed by atoms with Crippen LogP contribution in [0.3, 0.4) is 0 Å². The van der Waals surface area contributed by atoms with Crippen molar-refractivity contribution in [1.82, 2.24) is 4.98 Å². The number of Topliss-reactive ketones (excluding diaryl/α,β-unsaturated/α-hetero) is 1. The molecular formula is C16H14N4O6S. The van der Waals surface area contributed by atoms with E-state index in [1.165, 1.54) is 0 Å². The predicted molar refractivity (Wildman–Crippen MR) is 96.3 cm³/mol. The summed E-state index contributed by atoms with van der Waals surface area (Å²) >= 11 is 1.03. The Balaban J connectivity index is 1.90. The van der Waals surface area contributed by atoms with Crippen molar-refractivity contribution in [3.63, 3.8) is 0 Å². The minimum atomic E-state index is -0.813. The summed E-state index contributed by atoms with van der Waals surface area (Å²) in [5.74, 6) is -0.829. The lowest BCUT2D eigenvalue weighted by Gasteiger charge is -2.26. The number of ketones is 1. The number of nitrogens with one attached hydrogen (secondary N) is 1. The first-order valence-electron chi connectivity index (χ1n) is 7.84. The number of anilines is 1. The summed E-state index contributed by atoms with van der Waals surface area (Å²) in [6, 6.07) is 2.67. The highest BCUT2D eigenvalue weighted by molar-refractivity contribution is 7.17. The molecule has 0 bridgehead atoms. The Morgan fingerprint density at radius 2 is 1.74 bits per heavy atom. The molecule has 1 N–H and O–H groups in total. The number of hydrogen-bond donors (Lipinski definition) is 1. The zero-order valence-electron chi connectivity index (χ0n) is 14.3. The highest BCUT2D eigenvalue weighted by Crippen LogP contribution is 2.38. The van der Waals surface area contributed by atoms with Crippen molar-refractivity contribution in [3.8, 4) is 0 Å². The number of nitro groups is 2. The minimum absolute atomic E-state index is 0.0507. The second-order valence-corrected chi connectivity index (χ2v) is 7.94. The minimum Gasteiger partial charge on any atom is -0.298 e. The number of carbonyl (C=O) groups excluding carboxylic acids is 2. The maximum atomic E-state index is 12.4. The van der Waals surface area contributed by atoms with Crippen LogP contribution in [0.1, 0.15) is 46.0 Å². The molecule has 0 radical (unpaired) electrons. The Morgan fingerprint density at radius 1 is 1.15 bits per heavy atom. The first-order valence-corrected chi connectivity index (χ1v) is 8.65. The fourth-order valence-electron chi connectivity index (χ4n) is 2.88. The molecular weight excluding hydrogens is 376 g/mol. The number of non-ortho nitro benzene ring substituents is 2. The lowest BCUT2D eigenvalue weighted by Crippen LogP contribution is -2.26. The molecule has 0 unspecified atom stereocenters. The molecule has 0 spiro atoms. The second kappa shape index (κ2) is 6.50. The number of carbonyl (C=O) groups is 2. The van der Waals surface area contributed by atoms with E-state index in [1.54, 1.807) is 0 Å². The van der Waals surface area contributed by atoms with E-state index >= 15 is 0 Å². The van der Waals surface area contributed by atoms with Crippen molar-refractivity contribution in [3.05, 3.63) is 54.6 Å². The van der Waals surface area contributed by atoms with Gasteiger partial charge in [-0.05, 0) is 11.8 Å². The van der Waals surface area contributed by atoms with Crippen LogP contribution in [0.2, 0.25) is 0 Å². The normalized spacial score (nSPS) is 15.1. The predicted octanol–water partition coefficient (Wildman–Crippen LogP) is 3.37. The van der Waals surface area contributed by atoms with Gasteiger partial charge in [0, 0.05) is 18.6 Å². The van der Waals surface area contributed by atoms with E-state index in [-0.39, 0.29) is 21.9 Å². The van der Waals surface area contributed by atoms with E-state index in [9.17, 15) is 29.8 Å². The van der Waals surface area contributed by atoms with Crippen LogP contribution in [0, 0.1) is 25.6 Å². The first kappa shape index (κ1) is 18.6. The van der Waals surface area contributed by atoms with Crippen molar-refractivity contribution < 1.29 is 19.4 Å². The van der Waals surface area contributed by atoms with E-state index in [0.717, 1.165) is 29.5 Å². The highest BCUT2D eigenvalue weighted by atomic mass is 32.1. The van der Waals surface area contributed by atoms with Crippen molar-refractivity contribution in [2.45, 2.75) is 26.7 Å². The van der Waals surface area contributed by atoms with Crippen molar-refractivity contribution in [2.75, 3.05) is 5.32 Å². The second-order valence-electron chi connectivity index (χ2n) is 6.94. The average molecular weight is 390 g/mol. The molecule has 27 heavy (non-hydrogen) atoms. The maximum Gasteiger partial charge on any atom is 0.277 e. The third-order valence-electron chi connectivity index (χ3n) is 4.04. The number of nitrogens with zero attached hydrogens (tertiary/aromatic N) is 3. The van der Waals surface area contributed by atoms with Gasteiger partial charge in [-0.3, -0.25) is 35.1 Å². The highest BCUT2D eigenvalue weighted by Gasteiger charge is 2.34. The number of benzene rings is 1. The van der Waals surface area contributed by atoms with Gasteiger partial charge >= 0.3 is 0 Å². The van der Waals surface area contributed by atoms with Gasteiger partial charge in [0.15, 0.2) is 10.9 Å². The molecule has 0 saturated heterocycles. The summed E-state index contributed by atoms with van der Waals surface area (Å²) < 4.78 is 0. The number of aromatic nitrogens is 1. The Kier molecular flexibility index (Phi) is 4.47. The topological polar surface area (TPSA) is 145 Å². The third-order valence-corrected chi connectivity index (χ3v) is 5.10. The van der Waals surface area contributed by atoms with Gasteiger partial charge in [0.25, 0.3) is 17.3 Å². The SMILES string of the molecule is CC1(C)CC(=O)c2sc(NC(=O)c3cc([N+](=O)[O-])cc([N+](=O)[O-])c3)nc2C1. The van der Waals surface area contributed by atoms with Crippen LogP contribution in [-0.4, -0.2) is 26.5 Å². The fraction of sp³-hybridized carbons (Fsp3) is 0.312. The molecule has 1 aromatic heterocycles. The van der Waals surface area contributed by atoms with E-state index in [1.807, 2.05) is 13.8 Å². The molecule has 1 aromatic carbocycles. The van der Waals surface area contributed by atoms with E-state index < -0.39 is 27.1 Å². The van der Waals surface area contributed by atoms with Crippen LogP contribution in [-0.2, 0) is 6.42 Å². The summed E-state index contributed by atoms with van der Waals surface area (Å²) in [4.78, 5) is 49.6. The maximum absolute atomic E-state index is 12.4. The Morgan fingerprint density at radius 3 is 2.30 bits per heavy atom. The third kappa shape index (κ3) is 3.82.